The zero-order chi connectivity index (χ0) is 29.1. The van der Waals surface area contributed by atoms with Gasteiger partial charge in [0, 0.05) is 37.3 Å². The van der Waals surface area contributed by atoms with Gasteiger partial charge in [0.2, 0.25) is 5.88 Å². The van der Waals surface area contributed by atoms with E-state index < -0.39 is 11.8 Å². The van der Waals surface area contributed by atoms with Crippen LogP contribution < -0.4 is 14.2 Å². The number of ether oxygens (including phenoxy) is 4. The monoisotopic (exact) mass is 569 g/mol. The van der Waals surface area contributed by atoms with Crippen molar-refractivity contribution in [1.82, 2.24) is 14.5 Å². The average Bonchev–Trinajstić information content (AvgIpc) is 3.36. The predicted octanol–water partition coefficient (Wildman–Crippen LogP) is 5.52. The van der Waals surface area contributed by atoms with Gasteiger partial charge in [0.15, 0.2) is 11.5 Å². The molecule has 0 saturated carbocycles. The largest absolute Gasteiger partial charge is 0.486 e. The van der Waals surface area contributed by atoms with Gasteiger partial charge in [0.05, 0.1) is 28.9 Å². The molecular formula is C32H28FN3O6. The number of aromatic carboxylic acids is 1. The average molecular weight is 570 g/mol. The Balaban J connectivity index is 1.22. The van der Waals surface area contributed by atoms with Crippen molar-refractivity contribution in [3.63, 3.8) is 0 Å². The molecule has 0 saturated heterocycles. The summed E-state index contributed by atoms with van der Waals surface area (Å²) in [5.41, 5.74) is 3.94. The van der Waals surface area contributed by atoms with E-state index in [1.807, 2.05) is 34.9 Å². The lowest BCUT2D eigenvalue weighted by Crippen LogP contribution is -2.17. The van der Waals surface area contributed by atoms with Gasteiger partial charge in [0.1, 0.15) is 31.5 Å². The number of rotatable bonds is 10. The summed E-state index contributed by atoms with van der Waals surface area (Å²) in [6.07, 6.45) is 0.219. The van der Waals surface area contributed by atoms with Crippen molar-refractivity contribution in [2.75, 3.05) is 26.9 Å². The molecule has 0 atom stereocenters. The number of carboxylic acids is 1. The molecule has 3 heterocycles. The van der Waals surface area contributed by atoms with E-state index in [4.69, 9.17) is 18.9 Å². The first kappa shape index (κ1) is 27.2. The number of halogens is 1. The molecule has 0 aliphatic carbocycles. The molecule has 214 valence electrons. The maximum absolute atomic E-state index is 15.4. The third kappa shape index (κ3) is 5.61. The summed E-state index contributed by atoms with van der Waals surface area (Å²) in [7, 11) is 1.59. The first-order valence-corrected chi connectivity index (χ1v) is 13.5. The van der Waals surface area contributed by atoms with E-state index in [0.717, 1.165) is 5.56 Å². The zero-order valence-corrected chi connectivity index (χ0v) is 22.9. The summed E-state index contributed by atoms with van der Waals surface area (Å²) < 4.78 is 39.9. The molecule has 10 heteroatoms. The number of pyridine rings is 1. The highest BCUT2D eigenvalue weighted by atomic mass is 19.1. The summed E-state index contributed by atoms with van der Waals surface area (Å²) in [5.74, 6) is 0.964. The number of methoxy groups -OCH3 is 1. The van der Waals surface area contributed by atoms with E-state index >= 15 is 4.39 Å². The molecule has 0 fully saturated rings. The zero-order valence-electron chi connectivity index (χ0n) is 22.9. The van der Waals surface area contributed by atoms with Crippen molar-refractivity contribution < 1.29 is 33.2 Å². The quantitative estimate of drug-likeness (QED) is 0.234. The lowest BCUT2D eigenvalue weighted by Gasteiger charge is -2.20. The third-order valence-electron chi connectivity index (χ3n) is 7.04. The molecule has 0 spiro atoms. The van der Waals surface area contributed by atoms with Crippen LogP contribution >= 0.6 is 0 Å². The summed E-state index contributed by atoms with van der Waals surface area (Å²) in [5, 5.41) is 9.43. The van der Waals surface area contributed by atoms with E-state index in [1.165, 1.54) is 12.1 Å². The second-order valence-electron chi connectivity index (χ2n) is 9.76. The SMILES string of the molecule is COCCn1c(Cc2ccc(-c3cccc(OCc4cccc5c4OCCO5)n3)cc2F)nc2ccc(C(=O)O)cc21. The number of para-hydroxylation sites is 1. The van der Waals surface area contributed by atoms with Gasteiger partial charge in [-0.1, -0.05) is 30.3 Å². The molecule has 5 aromatic rings. The van der Waals surface area contributed by atoms with E-state index in [2.05, 4.69) is 9.97 Å². The minimum atomic E-state index is -1.02. The first-order chi connectivity index (χ1) is 20.5. The molecule has 42 heavy (non-hydrogen) atoms. The molecule has 0 unspecified atom stereocenters. The highest BCUT2D eigenvalue weighted by Crippen LogP contribution is 2.34. The lowest BCUT2D eigenvalue weighted by molar-refractivity contribution is 0.0697. The molecule has 3 aromatic carbocycles. The minimum Gasteiger partial charge on any atom is -0.486 e. The number of hydrogen-bond acceptors (Lipinski definition) is 7. The molecule has 6 rings (SSSR count). The van der Waals surface area contributed by atoms with Crippen LogP contribution in [0.5, 0.6) is 17.4 Å². The Morgan fingerprint density at radius 1 is 1.00 bits per heavy atom. The number of fused-ring (bicyclic) bond motifs is 2. The fourth-order valence-corrected chi connectivity index (χ4v) is 4.95. The molecule has 1 N–H and O–H groups in total. The summed E-state index contributed by atoms with van der Waals surface area (Å²) in [6.45, 7) is 2.09. The number of benzene rings is 3. The molecule has 9 nitrogen and oxygen atoms in total. The Morgan fingerprint density at radius 2 is 1.86 bits per heavy atom. The van der Waals surface area contributed by atoms with Crippen molar-refractivity contribution in [2.24, 2.45) is 0 Å². The van der Waals surface area contributed by atoms with Crippen molar-refractivity contribution in [3.05, 3.63) is 101 Å². The van der Waals surface area contributed by atoms with E-state index in [1.54, 1.807) is 37.4 Å². The van der Waals surface area contributed by atoms with Crippen LogP contribution in [-0.2, 0) is 24.3 Å². The summed E-state index contributed by atoms with van der Waals surface area (Å²) >= 11 is 0. The maximum Gasteiger partial charge on any atom is 0.335 e. The molecule has 0 bridgehead atoms. The van der Waals surface area contributed by atoms with Crippen LogP contribution in [-0.4, -0.2) is 52.5 Å². The molecule has 1 aliphatic rings. The van der Waals surface area contributed by atoms with Crippen LogP contribution in [0.25, 0.3) is 22.3 Å². The fourth-order valence-electron chi connectivity index (χ4n) is 4.95. The maximum atomic E-state index is 15.4. The van der Waals surface area contributed by atoms with Crippen LogP contribution in [0.1, 0.15) is 27.3 Å². The molecule has 0 amide bonds. The van der Waals surface area contributed by atoms with Crippen LogP contribution in [0.2, 0.25) is 0 Å². The Kier molecular flexibility index (Phi) is 7.70. The lowest BCUT2D eigenvalue weighted by atomic mass is 10.1. The highest BCUT2D eigenvalue weighted by Gasteiger charge is 2.18. The van der Waals surface area contributed by atoms with Gasteiger partial charge in [-0.2, -0.15) is 0 Å². The van der Waals surface area contributed by atoms with Gasteiger partial charge in [-0.05, 0) is 42.0 Å². The Morgan fingerprint density at radius 3 is 2.69 bits per heavy atom. The van der Waals surface area contributed by atoms with Crippen LogP contribution in [0.3, 0.4) is 0 Å². The smallest absolute Gasteiger partial charge is 0.335 e. The Labute approximate surface area is 241 Å². The van der Waals surface area contributed by atoms with Crippen LogP contribution in [0.4, 0.5) is 4.39 Å². The van der Waals surface area contributed by atoms with Crippen molar-refractivity contribution in [3.8, 4) is 28.6 Å². The fraction of sp³-hybridized carbons (Fsp3) is 0.219. The van der Waals surface area contributed by atoms with Crippen LogP contribution in [0.15, 0.2) is 72.8 Å². The van der Waals surface area contributed by atoms with Gasteiger partial charge in [-0.15, -0.1) is 0 Å². The normalized spacial score (nSPS) is 12.4. The predicted molar refractivity (Wildman–Crippen MR) is 153 cm³/mol. The number of nitrogens with zero attached hydrogens (tertiary/aromatic N) is 3. The topological polar surface area (TPSA) is 105 Å². The number of carboxylic acid groups (broad SMARTS) is 1. The van der Waals surface area contributed by atoms with Crippen molar-refractivity contribution in [2.45, 2.75) is 19.6 Å². The van der Waals surface area contributed by atoms with Crippen molar-refractivity contribution in [1.29, 1.82) is 0 Å². The highest BCUT2D eigenvalue weighted by molar-refractivity contribution is 5.92. The van der Waals surface area contributed by atoms with E-state index in [0.29, 0.717) is 77.4 Å². The molecule has 0 radical (unpaired) electrons. The second-order valence-corrected chi connectivity index (χ2v) is 9.76. The minimum absolute atomic E-state index is 0.160. The Hall–Kier alpha value is -4.96. The van der Waals surface area contributed by atoms with Gasteiger partial charge in [-0.3, -0.25) is 0 Å². The molecular weight excluding hydrogens is 541 g/mol. The second kappa shape index (κ2) is 11.9. The van der Waals surface area contributed by atoms with Gasteiger partial charge in [0.25, 0.3) is 0 Å². The molecule has 1 aliphatic heterocycles. The van der Waals surface area contributed by atoms with Gasteiger partial charge >= 0.3 is 5.97 Å². The Bertz CT molecular complexity index is 1770. The summed E-state index contributed by atoms with van der Waals surface area (Å²) in [4.78, 5) is 20.8. The van der Waals surface area contributed by atoms with E-state index in [-0.39, 0.29) is 18.6 Å². The van der Waals surface area contributed by atoms with Crippen molar-refractivity contribution >= 4 is 17.0 Å². The standard InChI is InChI=1S/C32H28FN3O6/c1-39-13-12-36-27-17-22(32(37)38)10-11-26(27)34-29(36)18-20-8-9-21(16-24(20)33)25-5-3-7-30(35-25)42-19-23-4-2-6-28-31(23)41-15-14-40-28/h2-11,16-17H,12-15,18-19H2,1H3,(H,37,38). The number of hydrogen-bond donors (Lipinski definition) is 1. The van der Waals surface area contributed by atoms with Gasteiger partial charge in [-0.25, -0.2) is 19.2 Å². The number of aromatic nitrogens is 3. The van der Waals surface area contributed by atoms with E-state index in [9.17, 15) is 9.90 Å². The molecule has 2 aromatic heterocycles. The summed E-state index contributed by atoms with van der Waals surface area (Å²) in [6, 6.07) is 20.8. The van der Waals surface area contributed by atoms with Crippen LogP contribution in [0, 0.1) is 5.82 Å². The number of carbonyl (C=O) groups is 1. The van der Waals surface area contributed by atoms with Gasteiger partial charge < -0.3 is 28.6 Å². The number of imidazole rings is 1. The third-order valence-corrected chi connectivity index (χ3v) is 7.04. The first-order valence-electron chi connectivity index (χ1n) is 13.5.